The van der Waals surface area contributed by atoms with E-state index in [0.29, 0.717) is 19.3 Å². The fourth-order valence-electron chi connectivity index (χ4n) is 8.25. The molecule has 6 heteroatoms. The summed E-state index contributed by atoms with van der Waals surface area (Å²) in [5, 5.41) is 0. The molecule has 63 heavy (non-hydrogen) atoms. The van der Waals surface area contributed by atoms with E-state index in [2.05, 4.69) is 45.1 Å². The lowest BCUT2D eigenvalue weighted by molar-refractivity contribution is -0.167. The molecule has 6 nitrogen and oxygen atoms in total. The second-order valence-electron chi connectivity index (χ2n) is 18.9. The van der Waals surface area contributed by atoms with Gasteiger partial charge in [-0.1, -0.05) is 263 Å². The molecule has 0 saturated carbocycles. The van der Waals surface area contributed by atoms with Gasteiger partial charge in [-0.15, -0.1) is 0 Å². The highest BCUT2D eigenvalue weighted by molar-refractivity contribution is 5.71. The molecule has 0 fully saturated rings. The fourth-order valence-corrected chi connectivity index (χ4v) is 8.25. The van der Waals surface area contributed by atoms with Crippen LogP contribution in [0, 0.1) is 0 Å². The minimum absolute atomic E-state index is 0.0703. The summed E-state index contributed by atoms with van der Waals surface area (Å²) in [5.41, 5.74) is 0. The van der Waals surface area contributed by atoms with E-state index in [1.807, 2.05) is 0 Å². The van der Waals surface area contributed by atoms with E-state index in [1.54, 1.807) is 0 Å². The number of allylic oxidation sites excluding steroid dienone is 4. The molecule has 0 aliphatic carbocycles. The number of carbonyl (C=O) groups is 3. The van der Waals surface area contributed by atoms with Gasteiger partial charge in [0, 0.05) is 19.3 Å². The topological polar surface area (TPSA) is 78.9 Å². The number of hydrogen-bond donors (Lipinski definition) is 0. The van der Waals surface area contributed by atoms with E-state index in [0.717, 1.165) is 83.5 Å². The number of unbranched alkanes of at least 4 members (excludes halogenated alkanes) is 36. The molecule has 0 aromatic carbocycles. The normalized spacial score (nSPS) is 12.1. The van der Waals surface area contributed by atoms with Gasteiger partial charge in [-0.05, 0) is 44.9 Å². The van der Waals surface area contributed by atoms with Crippen LogP contribution in [0.25, 0.3) is 0 Å². The second-order valence-corrected chi connectivity index (χ2v) is 18.9. The number of ether oxygens (including phenoxy) is 3. The van der Waals surface area contributed by atoms with Crippen molar-refractivity contribution in [2.75, 3.05) is 13.2 Å². The molecule has 0 N–H and O–H groups in total. The van der Waals surface area contributed by atoms with Crippen molar-refractivity contribution < 1.29 is 28.6 Å². The molecule has 0 spiro atoms. The second kappa shape index (κ2) is 52.5. The van der Waals surface area contributed by atoms with Crippen molar-refractivity contribution in [1.29, 1.82) is 0 Å². The Balaban J connectivity index is 4.32. The number of carbonyl (C=O) groups excluding carboxylic acids is 3. The van der Waals surface area contributed by atoms with Gasteiger partial charge in [-0.2, -0.15) is 0 Å². The summed E-state index contributed by atoms with van der Waals surface area (Å²) in [6, 6.07) is 0. The molecule has 0 bridgehead atoms. The Morgan fingerprint density at radius 2 is 0.603 bits per heavy atom. The zero-order valence-electron chi connectivity index (χ0n) is 42.4. The molecule has 0 aromatic heterocycles. The van der Waals surface area contributed by atoms with Crippen LogP contribution in [0.1, 0.15) is 303 Å². The van der Waals surface area contributed by atoms with Crippen LogP contribution in [-0.4, -0.2) is 37.2 Å². The minimum Gasteiger partial charge on any atom is -0.462 e. The SMILES string of the molecule is CCC/C=C\C/C=C\CCCCCCCC(=O)OCC(COC(=O)CCCCCCCCCCCCCCCCCCC)OC(=O)CCCCCCCCCCCCCCCCC. The fraction of sp³-hybridized carbons (Fsp3) is 0.877. The van der Waals surface area contributed by atoms with E-state index >= 15 is 0 Å². The zero-order valence-corrected chi connectivity index (χ0v) is 42.4. The Hall–Kier alpha value is -2.11. The van der Waals surface area contributed by atoms with E-state index in [9.17, 15) is 14.4 Å². The number of hydrogen-bond acceptors (Lipinski definition) is 6. The molecule has 0 heterocycles. The third kappa shape index (κ3) is 50.7. The van der Waals surface area contributed by atoms with Gasteiger partial charge in [-0.25, -0.2) is 0 Å². The van der Waals surface area contributed by atoms with E-state index in [-0.39, 0.29) is 31.1 Å². The third-order valence-corrected chi connectivity index (χ3v) is 12.4. The first-order chi connectivity index (χ1) is 31.0. The van der Waals surface area contributed by atoms with Crippen LogP contribution in [0.15, 0.2) is 24.3 Å². The summed E-state index contributed by atoms with van der Waals surface area (Å²) in [6.07, 6.45) is 60.2. The number of rotatable bonds is 51. The van der Waals surface area contributed by atoms with Crippen molar-refractivity contribution in [3.05, 3.63) is 24.3 Å². The Morgan fingerprint density at radius 3 is 0.937 bits per heavy atom. The lowest BCUT2D eigenvalue weighted by atomic mass is 10.0. The van der Waals surface area contributed by atoms with E-state index in [4.69, 9.17) is 14.2 Å². The zero-order chi connectivity index (χ0) is 45.8. The smallest absolute Gasteiger partial charge is 0.306 e. The minimum atomic E-state index is -0.771. The highest BCUT2D eigenvalue weighted by Crippen LogP contribution is 2.17. The average molecular weight is 887 g/mol. The van der Waals surface area contributed by atoms with Crippen LogP contribution in [0.4, 0.5) is 0 Å². The summed E-state index contributed by atoms with van der Waals surface area (Å²) in [4.78, 5) is 38.1. The van der Waals surface area contributed by atoms with Crippen LogP contribution >= 0.6 is 0 Å². The highest BCUT2D eigenvalue weighted by atomic mass is 16.6. The summed E-state index contributed by atoms with van der Waals surface area (Å²) in [5.74, 6) is -0.866. The molecule has 0 radical (unpaired) electrons. The van der Waals surface area contributed by atoms with Crippen molar-refractivity contribution >= 4 is 17.9 Å². The molecule has 0 amide bonds. The highest BCUT2D eigenvalue weighted by Gasteiger charge is 2.19. The van der Waals surface area contributed by atoms with Gasteiger partial charge in [0.25, 0.3) is 0 Å². The van der Waals surface area contributed by atoms with Crippen molar-refractivity contribution in [2.24, 2.45) is 0 Å². The average Bonchev–Trinajstić information content (AvgIpc) is 3.28. The first kappa shape index (κ1) is 60.9. The molecular weight excluding hydrogens is 781 g/mol. The maximum Gasteiger partial charge on any atom is 0.306 e. The van der Waals surface area contributed by atoms with Crippen LogP contribution in [0.2, 0.25) is 0 Å². The van der Waals surface area contributed by atoms with Gasteiger partial charge in [0.2, 0.25) is 0 Å². The molecule has 0 aromatic rings. The molecule has 370 valence electrons. The summed E-state index contributed by atoms with van der Waals surface area (Å²) >= 11 is 0. The van der Waals surface area contributed by atoms with Crippen molar-refractivity contribution in [1.82, 2.24) is 0 Å². The Kier molecular flexibility index (Phi) is 50.8. The molecule has 1 atom stereocenters. The standard InChI is InChI=1S/C57H106O6/c1-4-7-10-13-16-19-22-25-27-28-30-32-35-38-41-44-47-50-56(59)62-53-54(52-61-55(58)49-46-43-40-37-34-31-24-21-18-15-12-9-6-3)63-57(60)51-48-45-42-39-36-33-29-26-23-20-17-14-11-8-5-2/h12,15,21,24,54H,4-11,13-14,16-20,22-23,25-53H2,1-3H3/b15-12-,24-21-. The van der Waals surface area contributed by atoms with Gasteiger partial charge < -0.3 is 14.2 Å². The van der Waals surface area contributed by atoms with Gasteiger partial charge in [0.05, 0.1) is 0 Å². The monoisotopic (exact) mass is 887 g/mol. The van der Waals surface area contributed by atoms with Crippen LogP contribution in [-0.2, 0) is 28.6 Å². The lowest BCUT2D eigenvalue weighted by Crippen LogP contribution is -2.30. The first-order valence-corrected chi connectivity index (χ1v) is 27.8. The predicted octanol–water partition coefficient (Wildman–Crippen LogP) is 18.3. The summed E-state index contributed by atoms with van der Waals surface area (Å²) < 4.78 is 16.8. The van der Waals surface area contributed by atoms with Crippen molar-refractivity contribution in [3.63, 3.8) is 0 Å². The van der Waals surface area contributed by atoms with E-state index in [1.165, 1.54) is 180 Å². The molecule has 0 saturated heterocycles. The molecule has 0 rings (SSSR count). The van der Waals surface area contributed by atoms with Crippen molar-refractivity contribution in [3.8, 4) is 0 Å². The Labute approximate surface area is 392 Å². The Morgan fingerprint density at radius 1 is 0.317 bits per heavy atom. The quantitative estimate of drug-likeness (QED) is 0.0262. The van der Waals surface area contributed by atoms with Crippen LogP contribution in [0.3, 0.4) is 0 Å². The van der Waals surface area contributed by atoms with Gasteiger partial charge in [0.15, 0.2) is 6.10 Å². The molecule has 0 aliphatic heterocycles. The maximum atomic E-state index is 12.8. The van der Waals surface area contributed by atoms with Gasteiger partial charge in [-0.3, -0.25) is 14.4 Å². The van der Waals surface area contributed by atoms with Crippen molar-refractivity contribution in [2.45, 2.75) is 309 Å². The number of esters is 3. The summed E-state index contributed by atoms with van der Waals surface area (Å²) in [6.45, 7) is 6.61. The third-order valence-electron chi connectivity index (χ3n) is 12.4. The Bertz CT molecular complexity index is 1020. The van der Waals surface area contributed by atoms with E-state index < -0.39 is 6.10 Å². The predicted molar refractivity (Wildman–Crippen MR) is 270 cm³/mol. The lowest BCUT2D eigenvalue weighted by Gasteiger charge is -2.18. The van der Waals surface area contributed by atoms with Gasteiger partial charge >= 0.3 is 17.9 Å². The first-order valence-electron chi connectivity index (χ1n) is 27.8. The molecule has 0 aliphatic rings. The molecule has 1 unspecified atom stereocenters. The molecular formula is C57H106O6. The summed E-state index contributed by atoms with van der Waals surface area (Å²) in [7, 11) is 0. The largest absolute Gasteiger partial charge is 0.462 e. The van der Waals surface area contributed by atoms with Gasteiger partial charge in [0.1, 0.15) is 13.2 Å². The van der Waals surface area contributed by atoms with Crippen LogP contribution in [0.5, 0.6) is 0 Å². The van der Waals surface area contributed by atoms with Crippen LogP contribution < -0.4 is 0 Å². The maximum absolute atomic E-state index is 12.8.